The molecule has 72 valence electrons. The lowest BCUT2D eigenvalue weighted by Gasteiger charge is -2.01. The number of nitrogens with zero attached hydrogens (tertiary/aromatic N) is 2. The Morgan fingerprint density at radius 2 is 2.21 bits per heavy atom. The molecular formula is C9H9N3O2. The maximum Gasteiger partial charge on any atom is 0.277 e. The Labute approximate surface area is 79.9 Å². The van der Waals surface area contributed by atoms with Crippen molar-refractivity contribution in [2.24, 2.45) is 0 Å². The molecular weight excluding hydrogens is 182 g/mol. The van der Waals surface area contributed by atoms with Gasteiger partial charge in [-0.2, -0.15) is 5.10 Å². The molecule has 0 atom stereocenters. The van der Waals surface area contributed by atoms with Crippen molar-refractivity contribution in [2.45, 2.75) is 13.8 Å². The first-order valence-corrected chi connectivity index (χ1v) is 4.19. The summed E-state index contributed by atoms with van der Waals surface area (Å²) in [6.07, 6.45) is 1.67. The minimum atomic E-state index is -0.356. The number of aromatic amines is 1. The van der Waals surface area contributed by atoms with Crippen molar-refractivity contribution < 1.29 is 4.92 Å². The number of H-pyrrole nitrogens is 1. The summed E-state index contributed by atoms with van der Waals surface area (Å²) in [5.74, 6) is 0. The second-order valence-corrected chi connectivity index (χ2v) is 3.26. The molecule has 0 aliphatic carbocycles. The maximum absolute atomic E-state index is 10.8. The summed E-state index contributed by atoms with van der Waals surface area (Å²) >= 11 is 0. The zero-order valence-corrected chi connectivity index (χ0v) is 7.87. The molecule has 1 N–H and O–H groups in total. The van der Waals surface area contributed by atoms with Crippen molar-refractivity contribution in [1.29, 1.82) is 0 Å². The molecule has 0 saturated heterocycles. The van der Waals surface area contributed by atoms with Crippen LogP contribution in [-0.4, -0.2) is 15.1 Å². The zero-order valence-electron chi connectivity index (χ0n) is 7.87. The number of aryl methyl sites for hydroxylation is 2. The van der Waals surface area contributed by atoms with Gasteiger partial charge in [0, 0.05) is 10.9 Å². The SMILES string of the molecule is Cc1cc2cn[nH]c2c(C)c1[N+](=O)[O-]. The number of nitrogens with one attached hydrogen (secondary N) is 1. The summed E-state index contributed by atoms with van der Waals surface area (Å²) in [6.45, 7) is 3.46. The van der Waals surface area contributed by atoms with Crippen LogP contribution >= 0.6 is 0 Å². The smallest absolute Gasteiger partial charge is 0.277 e. The molecule has 1 aromatic carbocycles. The van der Waals surface area contributed by atoms with Crippen LogP contribution in [0.15, 0.2) is 12.3 Å². The lowest BCUT2D eigenvalue weighted by Crippen LogP contribution is -1.95. The van der Waals surface area contributed by atoms with E-state index in [1.807, 2.05) is 0 Å². The number of benzene rings is 1. The van der Waals surface area contributed by atoms with E-state index in [4.69, 9.17) is 0 Å². The summed E-state index contributed by atoms with van der Waals surface area (Å²) in [4.78, 5) is 10.4. The molecule has 0 saturated carbocycles. The predicted molar refractivity (Wildman–Crippen MR) is 52.2 cm³/mol. The minimum Gasteiger partial charge on any atom is -0.277 e. The molecule has 1 heterocycles. The number of fused-ring (bicyclic) bond motifs is 1. The molecule has 0 aliphatic rings. The Hall–Kier alpha value is -1.91. The van der Waals surface area contributed by atoms with E-state index < -0.39 is 0 Å². The highest BCUT2D eigenvalue weighted by Gasteiger charge is 2.17. The van der Waals surface area contributed by atoms with Gasteiger partial charge in [-0.25, -0.2) is 0 Å². The summed E-state index contributed by atoms with van der Waals surface area (Å²) in [5.41, 5.74) is 2.22. The number of aromatic nitrogens is 2. The van der Waals surface area contributed by atoms with Crippen molar-refractivity contribution >= 4 is 16.6 Å². The van der Waals surface area contributed by atoms with Crippen LogP contribution in [0.5, 0.6) is 0 Å². The van der Waals surface area contributed by atoms with Gasteiger partial charge in [0.05, 0.1) is 22.2 Å². The van der Waals surface area contributed by atoms with Crippen LogP contribution in [0.4, 0.5) is 5.69 Å². The van der Waals surface area contributed by atoms with Crippen molar-refractivity contribution in [3.8, 4) is 0 Å². The zero-order chi connectivity index (χ0) is 10.3. The minimum absolute atomic E-state index is 0.168. The average molecular weight is 191 g/mol. The number of hydrogen-bond acceptors (Lipinski definition) is 3. The Morgan fingerprint density at radius 3 is 2.86 bits per heavy atom. The molecule has 0 spiro atoms. The lowest BCUT2D eigenvalue weighted by atomic mass is 10.1. The summed E-state index contributed by atoms with van der Waals surface area (Å²) in [5, 5.41) is 18.3. The van der Waals surface area contributed by atoms with Crippen molar-refractivity contribution in [2.75, 3.05) is 0 Å². The standard InChI is InChI=1S/C9H9N3O2/c1-5-3-7-4-10-11-8(7)6(2)9(5)12(13)14/h3-4H,1-2H3,(H,10,11). The van der Waals surface area contributed by atoms with Crippen LogP contribution in [0.1, 0.15) is 11.1 Å². The van der Waals surface area contributed by atoms with E-state index in [0.717, 1.165) is 10.9 Å². The lowest BCUT2D eigenvalue weighted by molar-refractivity contribution is -0.385. The molecule has 0 radical (unpaired) electrons. The molecule has 0 aliphatic heterocycles. The van der Waals surface area contributed by atoms with Gasteiger partial charge in [0.1, 0.15) is 0 Å². The molecule has 14 heavy (non-hydrogen) atoms. The van der Waals surface area contributed by atoms with Crippen molar-refractivity contribution in [3.63, 3.8) is 0 Å². The Bertz CT molecular complexity index is 516. The van der Waals surface area contributed by atoms with E-state index in [1.54, 1.807) is 26.1 Å². The fourth-order valence-corrected chi connectivity index (χ4v) is 1.70. The molecule has 0 fully saturated rings. The van der Waals surface area contributed by atoms with Gasteiger partial charge >= 0.3 is 0 Å². The summed E-state index contributed by atoms with van der Waals surface area (Å²) in [6, 6.07) is 1.77. The van der Waals surface area contributed by atoms with Gasteiger partial charge in [-0.15, -0.1) is 0 Å². The summed E-state index contributed by atoms with van der Waals surface area (Å²) in [7, 11) is 0. The maximum atomic E-state index is 10.8. The highest BCUT2D eigenvalue weighted by Crippen LogP contribution is 2.29. The Morgan fingerprint density at radius 1 is 1.50 bits per heavy atom. The van der Waals surface area contributed by atoms with E-state index in [9.17, 15) is 10.1 Å². The fourth-order valence-electron chi connectivity index (χ4n) is 1.70. The average Bonchev–Trinajstić information content (AvgIpc) is 2.50. The first kappa shape index (κ1) is 8.68. The van der Waals surface area contributed by atoms with Crippen molar-refractivity contribution in [1.82, 2.24) is 10.2 Å². The highest BCUT2D eigenvalue weighted by molar-refractivity contribution is 5.85. The third-order valence-electron chi connectivity index (χ3n) is 2.33. The number of nitro groups is 1. The molecule has 1 aromatic heterocycles. The van der Waals surface area contributed by atoms with Crippen LogP contribution in [0.25, 0.3) is 10.9 Å². The molecule has 5 heteroatoms. The van der Waals surface area contributed by atoms with Crippen molar-refractivity contribution in [3.05, 3.63) is 33.5 Å². The first-order valence-electron chi connectivity index (χ1n) is 4.19. The fraction of sp³-hybridized carbons (Fsp3) is 0.222. The molecule has 0 unspecified atom stereocenters. The summed E-state index contributed by atoms with van der Waals surface area (Å²) < 4.78 is 0. The molecule has 0 amide bonds. The van der Waals surface area contributed by atoms with Gasteiger partial charge in [-0.1, -0.05) is 0 Å². The Kier molecular flexibility index (Phi) is 1.73. The molecule has 0 bridgehead atoms. The topological polar surface area (TPSA) is 71.8 Å². The quantitative estimate of drug-likeness (QED) is 0.554. The number of rotatable bonds is 1. The number of hydrogen-bond donors (Lipinski definition) is 1. The molecule has 2 aromatic rings. The van der Waals surface area contributed by atoms with E-state index in [1.165, 1.54) is 0 Å². The van der Waals surface area contributed by atoms with Crippen LogP contribution in [0.2, 0.25) is 0 Å². The van der Waals surface area contributed by atoms with Crippen LogP contribution in [0.3, 0.4) is 0 Å². The van der Waals surface area contributed by atoms with Crippen LogP contribution in [0, 0.1) is 24.0 Å². The largest absolute Gasteiger partial charge is 0.277 e. The third-order valence-corrected chi connectivity index (χ3v) is 2.33. The second kappa shape index (κ2) is 2.80. The third kappa shape index (κ3) is 1.06. The van der Waals surface area contributed by atoms with Gasteiger partial charge in [0.25, 0.3) is 5.69 Å². The van der Waals surface area contributed by atoms with Gasteiger partial charge in [-0.3, -0.25) is 15.2 Å². The van der Waals surface area contributed by atoms with E-state index >= 15 is 0 Å². The van der Waals surface area contributed by atoms with Crippen LogP contribution in [-0.2, 0) is 0 Å². The van der Waals surface area contributed by atoms with Gasteiger partial charge in [-0.05, 0) is 19.9 Å². The van der Waals surface area contributed by atoms with Gasteiger partial charge in [0.15, 0.2) is 0 Å². The molecule has 5 nitrogen and oxygen atoms in total. The Balaban J connectivity index is 2.89. The molecule has 2 rings (SSSR count). The van der Waals surface area contributed by atoms with E-state index in [-0.39, 0.29) is 10.6 Å². The monoisotopic (exact) mass is 191 g/mol. The highest BCUT2D eigenvalue weighted by atomic mass is 16.6. The van der Waals surface area contributed by atoms with E-state index in [2.05, 4.69) is 10.2 Å². The predicted octanol–water partition coefficient (Wildman–Crippen LogP) is 2.09. The normalized spacial score (nSPS) is 10.7. The van der Waals surface area contributed by atoms with E-state index in [0.29, 0.717) is 11.1 Å². The first-order chi connectivity index (χ1) is 6.61. The van der Waals surface area contributed by atoms with Crippen LogP contribution < -0.4 is 0 Å². The van der Waals surface area contributed by atoms with Gasteiger partial charge < -0.3 is 0 Å². The second-order valence-electron chi connectivity index (χ2n) is 3.26. The number of nitro benzene ring substituents is 1. The van der Waals surface area contributed by atoms with Gasteiger partial charge in [0.2, 0.25) is 0 Å².